The molecule has 20 heavy (non-hydrogen) atoms. The molecule has 6 nitrogen and oxygen atoms in total. The molecule has 1 atom stereocenters. The van der Waals surface area contributed by atoms with Crippen LogP contribution in [0.2, 0.25) is 0 Å². The highest BCUT2D eigenvalue weighted by Gasteiger charge is 2.19. The highest BCUT2D eigenvalue weighted by Crippen LogP contribution is 2.37. The maximum Gasteiger partial charge on any atom is 0.239 e. The molecular weight excluding hydrogens is 260 g/mol. The molecule has 6 heteroatoms. The number of nitrogens with one attached hydrogen (secondary N) is 1. The maximum absolute atomic E-state index is 11.9. The third-order valence-electron chi connectivity index (χ3n) is 3.39. The first-order chi connectivity index (χ1) is 9.52. The van der Waals surface area contributed by atoms with E-state index in [1.807, 2.05) is 6.92 Å². The summed E-state index contributed by atoms with van der Waals surface area (Å²) in [5.41, 5.74) is 0.674. The molecule has 0 spiro atoms. The minimum atomic E-state index is -0.315. The molecule has 0 fully saturated rings. The molecule has 1 aromatic carbocycles. The van der Waals surface area contributed by atoms with E-state index in [4.69, 9.17) is 9.47 Å². The van der Waals surface area contributed by atoms with E-state index in [2.05, 4.69) is 5.32 Å². The zero-order valence-electron chi connectivity index (χ0n) is 12.0. The first kappa shape index (κ1) is 14.5. The van der Waals surface area contributed by atoms with Crippen LogP contribution in [0.15, 0.2) is 12.1 Å². The van der Waals surface area contributed by atoms with Crippen molar-refractivity contribution in [3.05, 3.63) is 17.7 Å². The number of nitrogens with zero attached hydrogens (tertiary/aromatic N) is 1. The van der Waals surface area contributed by atoms with Gasteiger partial charge in [0.05, 0.1) is 6.04 Å². The Hall–Kier alpha value is -1.95. The third kappa shape index (κ3) is 2.96. The number of carbonyl (C=O) groups excluding carboxylic acids is 1. The molecular formula is C14H20N2O4. The van der Waals surface area contributed by atoms with Crippen LogP contribution in [-0.2, 0) is 11.3 Å². The fourth-order valence-corrected chi connectivity index (χ4v) is 1.95. The van der Waals surface area contributed by atoms with Crippen molar-refractivity contribution in [3.63, 3.8) is 0 Å². The number of aromatic hydroxyl groups is 1. The lowest BCUT2D eigenvalue weighted by Crippen LogP contribution is -2.42. The van der Waals surface area contributed by atoms with Gasteiger partial charge in [-0.2, -0.15) is 0 Å². The van der Waals surface area contributed by atoms with Gasteiger partial charge in [0.2, 0.25) is 12.7 Å². The topological polar surface area (TPSA) is 71.0 Å². The van der Waals surface area contributed by atoms with Gasteiger partial charge in [0.1, 0.15) is 5.75 Å². The van der Waals surface area contributed by atoms with Crippen LogP contribution in [0.1, 0.15) is 19.4 Å². The standard InChI is InChI=1S/C14H20N2O4/c1-4-16(3)14(18)9(2)15-7-10-5-12-13(6-11(10)17)20-8-19-12/h5-6,9,15,17H,4,7-8H2,1-3H3. The number of rotatable bonds is 5. The van der Waals surface area contributed by atoms with Crippen LogP contribution in [0.3, 0.4) is 0 Å². The number of fused-ring (bicyclic) bond motifs is 1. The molecule has 1 amide bonds. The molecule has 1 unspecified atom stereocenters. The second kappa shape index (κ2) is 6.00. The molecule has 110 valence electrons. The average Bonchev–Trinajstić information content (AvgIpc) is 2.89. The van der Waals surface area contributed by atoms with Crippen LogP contribution in [0.5, 0.6) is 17.2 Å². The van der Waals surface area contributed by atoms with Crippen LogP contribution in [-0.4, -0.2) is 42.3 Å². The number of hydrogen-bond acceptors (Lipinski definition) is 5. The number of hydrogen-bond donors (Lipinski definition) is 2. The van der Waals surface area contributed by atoms with Gasteiger partial charge in [0, 0.05) is 31.8 Å². The van der Waals surface area contributed by atoms with E-state index >= 15 is 0 Å². The highest BCUT2D eigenvalue weighted by molar-refractivity contribution is 5.81. The number of ether oxygens (including phenoxy) is 2. The van der Waals surface area contributed by atoms with E-state index < -0.39 is 0 Å². The lowest BCUT2D eigenvalue weighted by molar-refractivity contribution is -0.131. The second-order valence-corrected chi connectivity index (χ2v) is 4.79. The molecule has 0 aromatic heterocycles. The Kier molecular flexibility index (Phi) is 4.34. The number of phenolic OH excluding ortho intramolecular Hbond substituents is 1. The number of likely N-dealkylation sites (N-methyl/N-ethyl adjacent to an activating group) is 1. The van der Waals surface area contributed by atoms with E-state index in [1.165, 1.54) is 6.07 Å². The van der Waals surface area contributed by atoms with Gasteiger partial charge < -0.3 is 24.8 Å². The van der Waals surface area contributed by atoms with Gasteiger partial charge in [-0.25, -0.2) is 0 Å². The van der Waals surface area contributed by atoms with Crippen molar-refractivity contribution < 1.29 is 19.4 Å². The van der Waals surface area contributed by atoms with E-state index in [0.717, 1.165) is 0 Å². The minimum Gasteiger partial charge on any atom is -0.507 e. The number of benzene rings is 1. The van der Waals surface area contributed by atoms with Gasteiger partial charge in [-0.05, 0) is 19.9 Å². The molecule has 0 aliphatic carbocycles. The quantitative estimate of drug-likeness (QED) is 0.844. The van der Waals surface area contributed by atoms with Crippen LogP contribution in [0, 0.1) is 0 Å². The Morgan fingerprint density at radius 3 is 2.75 bits per heavy atom. The Morgan fingerprint density at radius 1 is 1.45 bits per heavy atom. The molecule has 1 aromatic rings. The third-order valence-corrected chi connectivity index (χ3v) is 3.39. The highest BCUT2D eigenvalue weighted by atomic mass is 16.7. The van der Waals surface area contributed by atoms with E-state index in [-0.39, 0.29) is 24.5 Å². The Bertz CT molecular complexity index is 504. The monoisotopic (exact) mass is 280 g/mol. The summed E-state index contributed by atoms with van der Waals surface area (Å²) in [6.45, 7) is 4.95. The molecule has 1 aliphatic rings. The van der Waals surface area contributed by atoms with Gasteiger partial charge in [0.15, 0.2) is 11.5 Å². The van der Waals surface area contributed by atoms with Crippen LogP contribution in [0.25, 0.3) is 0 Å². The van der Waals surface area contributed by atoms with Gasteiger partial charge in [0.25, 0.3) is 0 Å². The van der Waals surface area contributed by atoms with Gasteiger partial charge in [-0.15, -0.1) is 0 Å². The number of carbonyl (C=O) groups is 1. The summed E-state index contributed by atoms with van der Waals surface area (Å²) in [4.78, 5) is 13.6. The van der Waals surface area contributed by atoms with Crippen molar-refractivity contribution in [2.45, 2.75) is 26.4 Å². The van der Waals surface area contributed by atoms with Gasteiger partial charge in [-0.3, -0.25) is 4.79 Å². The normalized spacial score (nSPS) is 14.2. The van der Waals surface area contributed by atoms with E-state index in [9.17, 15) is 9.90 Å². The summed E-state index contributed by atoms with van der Waals surface area (Å²) in [5.74, 6) is 1.31. The predicted octanol–water partition coefficient (Wildman–Crippen LogP) is 1.08. The molecule has 0 saturated carbocycles. The summed E-state index contributed by atoms with van der Waals surface area (Å²) in [5, 5.41) is 13.0. The molecule has 1 aliphatic heterocycles. The first-order valence-corrected chi connectivity index (χ1v) is 6.62. The van der Waals surface area contributed by atoms with Crippen LogP contribution in [0.4, 0.5) is 0 Å². The zero-order chi connectivity index (χ0) is 14.7. The van der Waals surface area contributed by atoms with Crippen LogP contribution >= 0.6 is 0 Å². The largest absolute Gasteiger partial charge is 0.507 e. The fraction of sp³-hybridized carbons (Fsp3) is 0.500. The predicted molar refractivity (Wildman–Crippen MR) is 73.8 cm³/mol. The smallest absolute Gasteiger partial charge is 0.239 e. The molecule has 2 N–H and O–H groups in total. The minimum absolute atomic E-state index is 0.0210. The number of amides is 1. The van der Waals surface area contributed by atoms with Crippen molar-refractivity contribution in [1.82, 2.24) is 10.2 Å². The SMILES string of the molecule is CCN(C)C(=O)C(C)NCc1cc2c(cc1O)OCO2. The van der Waals surface area contributed by atoms with Gasteiger partial charge in [-0.1, -0.05) is 0 Å². The van der Waals surface area contributed by atoms with Crippen molar-refractivity contribution in [2.75, 3.05) is 20.4 Å². The average molecular weight is 280 g/mol. The summed E-state index contributed by atoms with van der Waals surface area (Å²) in [7, 11) is 1.76. The summed E-state index contributed by atoms with van der Waals surface area (Å²) < 4.78 is 10.4. The second-order valence-electron chi connectivity index (χ2n) is 4.79. The lowest BCUT2D eigenvalue weighted by atomic mass is 10.1. The van der Waals surface area contributed by atoms with E-state index in [0.29, 0.717) is 30.2 Å². The van der Waals surface area contributed by atoms with Crippen LogP contribution < -0.4 is 14.8 Å². The van der Waals surface area contributed by atoms with Crippen molar-refractivity contribution in [3.8, 4) is 17.2 Å². The number of phenols is 1. The summed E-state index contributed by atoms with van der Waals surface area (Å²) in [6.07, 6.45) is 0. The molecule has 0 bridgehead atoms. The van der Waals surface area contributed by atoms with Crippen molar-refractivity contribution >= 4 is 5.91 Å². The summed E-state index contributed by atoms with van der Waals surface area (Å²) in [6, 6.07) is 2.94. The Balaban J connectivity index is 1.99. The molecule has 0 radical (unpaired) electrons. The van der Waals surface area contributed by atoms with Gasteiger partial charge >= 0.3 is 0 Å². The van der Waals surface area contributed by atoms with Crippen molar-refractivity contribution in [2.24, 2.45) is 0 Å². The molecule has 0 saturated heterocycles. The first-order valence-electron chi connectivity index (χ1n) is 6.62. The Labute approximate surface area is 118 Å². The fourth-order valence-electron chi connectivity index (χ4n) is 1.95. The lowest BCUT2D eigenvalue weighted by Gasteiger charge is -2.20. The summed E-state index contributed by atoms with van der Waals surface area (Å²) >= 11 is 0. The Morgan fingerprint density at radius 2 is 2.10 bits per heavy atom. The molecule has 2 rings (SSSR count). The van der Waals surface area contributed by atoms with E-state index in [1.54, 1.807) is 24.9 Å². The molecule has 1 heterocycles. The zero-order valence-corrected chi connectivity index (χ0v) is 12.0. The maximum atomic E-state index is 11.9. The van der Waals surface area contributed by atoms with Crippen molar-refractivity contribution in [1.29, 1.82) is 0 Å².